The van der Waals surface area contributed by atoms with Crippen molar-refractivity contribution in [2.24, 2.45) is 5.73 Å². The average molecular weight is 181 g/mol. The zero-order valence-corrected chi connectivity index (χ0v) is 6.16. The third-order valence-electron chi connectivity index (χ3n) is 1.80. The van der Waals surface area contributed by atoms with E-state index in [-0.39, 0.29) is 0 Å². The summed E-state index contributed by atoms with van der Waals surface area (Å²) in [7, 11) is 0. The van der Waals surface area contributed by atoms with E-state index in [0.717, 1.165) is 0 Å². The fourth-order valence-electron chi connectivity index (χ4n) is 1.00. The third-order valence-corrected chi connectivity index (χ3v) is 1.80. The van der Waals surface area contributed by atoms with Crippen LogP contribution < -0.4 is 5.73 Å². The van der Waals surface area contributed by atoms with Gasteiger partial charge in [-0.25, -0.2) is 0 Å². The average Bonchev–Trinajstić information content (AvgIpc) is 2.06. The van der Waals surface area contributed by atoms with E-state index in [0.29, 0.717) is 0 Å². The molecule has 0 amide bonds. The molecule has 0 aromatic rings. The molecule has 0 bridgehead atoms. The number of rotatable bonds is 1. The summed E-state index contributed by atoms with van der Waals surface area (Å²) in [6.07, 6.45) is -6.59. The lowest BCUT2D eigenvalue weighted by Gasteiger charge is -2.38. The standard InChI is InChI=1S/C6H13NO5/c7-3-5(10)4(9)2(1-8)12-6(3)11/h2-6,8-11H,1,7H2/t2-,3-,4-,5+,6-/m1/s1/i1D2. The molecule has 6 nitrogen and oxygen atoms in total. The second kappa shape index (κ2) is 3.65. The Balaban J connectivity index is 2.81. The summed E-state index contributed by atoms with van der Waals surface area (Å²) in [6.45, 7) is -2.86. The van der Waals surface area contributed by atoms with Crippen LogP contribution in [0.2, 0.25) is 0 Å². The molecule has 1 saturated heterocycles. The van der Waals surface area contributed by atoms with Crippen molar-refractivity contribution in [3.8, 4) is 0 Å². The van der Waals surface area contributed by atoms with Gasteiger partial charge < -0.3 is 30.9 Å². The van der Waals surface area contributed by atoms with Crippen LogP contribution in [0.1, 0.15) is 2.74 Å². The van der Waals surface area contributed by atoms with E-state index in [9.17, 15) is 10.2 Å². The minimum atomic E-state index is -2.86. The first-order valence-electron chi connectivity index (χ1n) is 4.42. The Labute approximate surface area is 72.0 Å². The molecule has 0 unspecified atom stereocenters. The molecule has 1 fully saturated rings. The van der Waals surface area contributed by atoms with Gasteiger partial charge >= 0.3 is 0 Å². The van der Waals surface area contributed by atoms with Crippen LogP contribution in [0.15, 0.2) is 0 Å². The molecule has 0 aromatic heterocycles. The van der Waals surface area contributed by atoms with E-state index in [4.69, 9.17) is 18.7 Å². The van der Waals surface area contributed by atoms with Gasteiger partial charge in [-0.2, -0.15) is 0 Å². The topological polar surface area (TPSA) is 116 Å². The molecule has 0 aliphatic carbocycles. The normalized spacial score (nSPS) is 52.9. The number of nitrogens with two attached hydrogens (primary N) is 1. The van der Waals surface area contributed by atoms with Crippen molar-refractivity contribution in [2.45, 2.75) is 30.6 Å². The van der Waals surface area contributed by atoms with Crippen LogP contribution in [0.5, 0.6) is 0 Å². The predicted molar refractivity (Wildman–Crippen MR) is 38.0 cm³/mol. The van der Waals surface area contributed by atoms with Gasteiger partial charge in [0.25, 0.3) is 0 Å². The summed E-state index contributed by atoms with van der Waals surface area (Å²) in [5, 5.41) is 36.6. The van der Waals surface area contributed by atoms with Gasteiger partial charge in [-0.1, -0.05) is 0 Å². The molecular weight excluding hydrogens is 166 g/mol. The maximum absolute atomic E-state index is 9.30. The first-order chi connectivity index (χ1) is 6.25. The lowest BCUT2D eigenvalue weighted by molar-refractivity contribution is -0.248. The SMILES string of the molecule is [2H]C([2H])(O)[C@H]1O[C@@H](O)[C@H](N)[C@H](O)[C@@H]1O. The van der Waals surface area contributed by atoms with Crippen LogP contribution in [0.3, 0.4) is 0 Å². The number of ether oxygens (including phenoxy) is 1. The van der Waals surface area contributed by atoms with Crippen LogP contribution in [-0.4, -0.2) is 57.6 Å². The highest BCUT2D eigenvalue weighted by molar-refractivity contribution is 4.90. The molecule has 0 saturated carbocycles. The summed E-state index contributed by atoms with van der Waals surface area (Å²) >= 11 is 0. The molecule has 6 N–H and O–H groups in total. The van der Waals surface area contributed by atoms with Crippen molar-refractivity contribution >= 4 is 0 Å². The van der Waals surface area contributed by atoms with Gasteiger partial charge in [0, 0.05) is 0 Å². The van der Waals surface area contributed by atoms with Gasteiger partial charge in [0.05, 0.1) is 15.3 Å². The van der Waals surface area contributed by atoms with Gasteiger partial charge in [-0.3, -0.25) is 0 Å². The Morgan fingerprint density at radius 3 is 2.42 bits per heavy atom. The van der Waals surface area contributed by atoms with E-state index < -0.39 is 37.2 Å². The molecule has 72 valence electrons. The summed E-state index contributed by atoms with van der Waals surface area (Å²) in [6, 6.07) is -1.23. The van der Waals surface area contributed by atoms with Crippen molar-refractivity contribution < 1.29 is 27.9 Å². The summed E-state index contributed by atoms with van der Waals surface area (Å²) in [4.78, 5) is 0. The number of aliphatic hydroxyl groups excluding tert-OH is 3. The fraction of sp³-hybridized carbons (Fsp3) is 1.00. The minimum absolute atomic E-state index is 1.23. The highest BCUT2D eigenvalue weighted by atomic mass is 16.6. The molecule has 1 aliphatic heterocycles. The molecule has 12 heavy (non-hydrogen) atoms. The molecule has 1 heterocycles. The maximum Gasteiger partial charge on any atom is 0.173 e. The monoisotopic (exact) mass is 181 g/mol. The van der Waals surface area contributed by atoms with Crippen LogP contribution in [0.25, 0.3) is 0 Å². The first kappa shape index (κ1) is 7.19. The van der Waals surface area contributed by atoms with Crippen molar-refractivity contribution in [3.63, 3.8) is 0 Å². The molecule has 0 spiro atoms. The van der Waals surface area contributed by atoms with E-state index in [1.165, 1.54) is 0 Å². The Morgan fingerprint density at radius 1 is 1.33 bits per heavy atom. The van der Waals surface area contributed by atoms with Gasteiger partial charge in [0.15, 0.2) is 6.29 Å². The van der Waals surface area contributed by atoms with Crippen LogP contribution >= 0.6 is 0 Å². The quantitative estimate of drug-likeness (QED) is 0.290. The van der Waals surface area contributed by atoms with Gasteiger partial charge in [-0.15, -0.1) is 0 Å². The van der Waals surface area contributed by atoms with E-state index >= 15 is 0 Å². The maximum atomic E-state index is 9.30. The van der Waals surface area contributed by atoms with Crippen LogP contribution in [0, 0.1) is 0 Å². The lowest BCUT2D eigenvalue weighted by Crippen LogP contribution is -2.61. The van der Waals surface area contributed by atoms with E-state index in [1.807, 2.05) is 0 Å². The number of hydrogen-bond acceptors (Lipinski definition) is 6. The molecule has 0 aromatic carbocycles. The largest absolute Gasteiger partial charge is 0.394 e. The molecule has 5 atom stereocenters. The van der Waals surface area contributed by atoms with Crippen molar-refractivity contribution in [1.29, 1.82) is 0 Å². The second-order valence-electron chi connectivity index (χ2n) is 2.63. The summed E-state index contributed by atoms with van der Waals surface area (Å²) < 4.78 is 18.3. The molecule has 6 heteroatoms. The minimum Gasteiger partial charge on any atom is -0.394 e. The smallest absolute Gasteiger partial charge is 0.173 e. The predicted octanol–water partition coefficient (Wildman–Crippen LogP) is -3.25. The van der Waals surface area contributed by atoms with Crippen molar-refractivity contribution in [1.82, 2.24) is 0 Å². The molecular formula is C6H13NO5. The van der Waals surface area contributed by atoms with E-state index in [2.05, 4.69) is 4.74 Å². The number of hydrogen-bond donors (Lipinski definition) is 5. The summed E-state index contributed by atoms with van der Waals surface area (Å²) in [5.41, 5.74) is 5.23. The fourth-order valence-corrected chi connectivity index (χ4v) is 1.00. The highest BCUT2D eigenvalue weighted by Gasteiger charge is 2.41. The zero-order valence-electron chi connectivity index (χ0n) is 8.16. The lowest BCUT2D eigenvalue weighted by atomic mass is 9.98. The van der Waals surface area contributed by atoms with Gasteiger partial charge in [-0.05, 0) is 0 Å². The van der Waals surface area contributed by atoms with Crippen molar-refractivity contribution in [2.75, 3.05) is 6.56 Å². The van der Waals surface area contributed by atoms with Crippen molar-refractivity contribution in [3.05, 3.63) is 0 Å². The Kier molecular flexibility index (Phi) is 2.19. The van der Waals surface area contributed by atoms with Gasteiger partial charge in [0.1, 0.15) is 18.3 Å². The molecule has 1 rings (SSSR count). The Morgan fingerprint density at radius 2 is 1.92 bits per heavy atom. The molecule has 0 radical (unpaired) electrons. The van der Waals surface area contributed by atoms with Crippen LogP contribution in [0.4, 0.5) is 0 Å². The highest BCUT2D eigenvalue weighted by Crippen LogP contribution is 2.17. The number of aliphatic hydroxyl groups is 4. The van der Waals surface area contributed by atoms with Gasteiger partial charge in [0.2, 0.25) is 0 Å². The van der Waals surface area contributed by atoms with E-state index in [1.54, 1.807) is 0 Å². The second-order valence-corrected chi connectivity index (χ2v) is 2.63. The first-order valence-corrected chi connectivity index (χ1v) is 3.42. The zero-order chi connectivity index (χ0) is 11.1. The third kappa shape index (κ3) is 1.58. The molecule has 1 aliphatic rings. The Hall–Kier alpha value is -0.240. The Bertz CT molecular complexity index is 211. The summed E-state index contributed by atoms with van der Waals surface area (Å²) in [5.74, 6) is 0. The van der Waals surface area contributed by atoms with Crippen LogP contribution in [-0.2, 0) is 4.74 Å².